The van der Waals surface area contributed by atoms with Crippen molar-refractivity contribution in [2.75, 3.05) is 0 Å². The van der Waals surface area contributed by atoms with Crippen molar-refractivity contribution in [1.82, 2.24) is 0 Å². The number of rotatable bonds is 2. The molecule has 0 N–H and O–H groups in total. The highest BCUT2D eigenvalue weighted by atomic mass is 19.4. The third-order valence-electron chi connectivity index (χ3n) is 2.81. The second kappa shape index (κ2) is 6.76. The van der Waals surface area contributed by atoms with Crippen LogP contribution in [0.1, 0.15) is 51.7 Å². The largest absolute Gasteiger partial charge is 0.416 e. The maximum absolute atomic E-state index is 13.4. The Morgan fingerprint density at radius 1 is 1.00 bits per heavy atom. The summed E-state index contributed by atoms with van der Waals surface area (Å²) in [5.41, 5.74) is -0.666. The Bertz CT molecular complexity index is 367. The monoisotopic (exact) mass is 264 g/mol. The lowest BCUT2D eigenvalue weighted by molar-refractivity contribution is -0.137. The Hall–Kier alpha value is -1.06. The highest BCUT2D eigenvalue weighted by molar-refractivity contribution is 5.29. The zero-order chi connectivity index (χ0) is 14.5. The highest BCUT2D eigenvalue weighted by Crippen LogP contribution is 2.33. The van der Waals surface area contributed by atoms with E-state index in [2.05, 4.69) is 0 Å². The van der Waals surface area contributed by atoms with Gasteiger partial charge in [-0.2, -0.15) is 13.2 Å². The number of hydrogen-bond acceptors (Lipinski definition) is 0. The Morgan fingerprint density at radius 2 is 1.50 bits per heavy atom. The zero-order valence-corrected chi connectivity index (χ0v) is 11.4. The van der Waals surface area contributed by atoms with Gasteiger partial charge in [-0.05, 0) is 35.6 Å². The van der Waals surface area contributed by atoms with Crippen LogP contribution in [0, 0.1) is 11.7 Å². The van der Waals surface area contributed by atoms with Crippen LogP contribution in [0.4, 0.5) is 17.6 Å². The molecule has 1 atom stereocenters. The molecule has 0 spiro atoms. The fraction of sp³-hybridized carbons (Fsp3) is 0.571. The van der Waals surface area contributed by atoms with Crippen molar-refractivity contribution in [1.29, 1.82) is 0 Å². The number of alkyl halides is 3. The lowest BCUT2D eigenvalue weighted by Crippen LogP contribution is -2.10. The van der Waals surface area contributed by atoms with Gasteiger partial charge in [0, 0.05) is 0 Å². The summed E-state index contributed by atoms with van der Waals surface area (Å²) in [6.07, 6.45) is -4.42. The molecule has 18 heavy (non-hydrogen) atoms. The molecular formula is C14H20F4. The molecule has 0 bridgehead atoms. The van der Waals surface area contributed by atoms with E-state index in [-0.39, 0.29) is 17.4 Å². The van der Waals surface area contributed by atoms with Crippen molar-refractivity contribution in [2.45, 2.75) is 46.7 Å². The first-order valence-electron chi connectivity index (χ1n) is 6.10. The Morgan fingerprint density at radius 3 is 1.89 bits per heavy atom. The lowest BCUT2D eigenvalue weighted by atomic mass is 9.89. The summed E-state index contributed by atoms with van der Waals surface area (Å²) in [7, 11) is 0. The van der Waals surface area contributed by atoms with Gasteiger partial charge in [0.15, 0.2) is 0 Å². The third kappa shape index (κ3) is 4.31. The van der Waals surface area contributed by atoms with E-state index in [9.17, 15) is 17.6 Å². The summed E-state index contributed by atoms with van der Waals surface area (Å²) >= 11 is 0. The minimum absolute atomic E-state index is 0.0954. The summed E-state index contributed by atoms with van der Waals surface area (Å²) in [6, 6.07) is 2.56. The van der Waals surface area contributed by atoms with Crippen LogP contribution < -0.4 is 0 Å². The van der Waals surface area contributed by atoms with Crippen molar-refractivity contribution >= 4 is 0 Å². The Kier molecular flexibility index (Phi) is 6.36. The van der Waals surface area contributed by atoms with Crippen LogP contribution in [-0.4, -0.2) is 0 Å². The molecule has 1 aromatic carbocycles. The van der Waals surface area contributed by atoms with Gasteiger partial charge in [-0.3, -0.25) is 0 Å². The van der Waals surface area contributed by atoms with Crippen molar-refractivity contribution in [3.8, 4) is 0 Å². The summed E-state index contributed by atoms with van der Waals surface area (Å²) in [5.74, 6) is -0.713. The summed E-state index contributed by atoms with van der Waals surface area (Å²) in [5, 5.41) is 0. The zero-order valence-electron chi connectivity index (χ0n) is 11.4. The normalized spacial score (nSPS) is 13.0. The Balaban J connectivity index is 0.00000137. The van der Waals surface area contributed by atoms with Gasteiger partial charge in [-0.25, -0.2) is 4.39 Å². The average Bonchev–Trinajstić information content (AvgIpc) is 2.29. The molecule has 0 aliphatic rings. The molecular weight excluding hydrogens is 244 g/mol. The van der Waals surface area contributed by atoms with E-state index < -0.39 is 17.6 Å². The quantitative estimate of drug-likeness (QED) is 0.607. The highest BCUT2D eigenvalue weighted by Gasteiger charge is 2.31. The van der Waals surface area contributed by atoms with Gasteiger partial charge in [-0.15, -0.1) is 0 Å². The van der Waals surface area contributed by atoms with Crippen LogP contribution in [0.2, 0.25) is 0 Å². The van der Waals surface area contributed by atoms with Crippen LogP contribution in [0.15, 0.2) is 18.2 Å². The van der Waals surface area contributed by atoms with E-state index in [1.165, 1.54) is 0 Å². The van der Waals surface area contributed by atoms with Gasteiger partial charge < -0.3 is 0 Å². The fourth-order valence-electron chi connectivity index (χ4n) is 1.43. The summed E-state index contributed by atoms with van der Waals surface area (Å²) < 4.78 is 50.7. The van der Waals surface area contributed by atoms with Crippen LogP contribution in [0.3, 0.4) is 0 Å². The molecule has 0 aromatic heterocycles. The molecule has 1 unspecified atom stereocenters. The number of halogens is 4. The van der Waals surface area contributed by atoms with Gasteiger partial charge in [0.05, 0.1) is 5.56 Å². The predicted molar refractivity (Wildman–Crippen MR) is 66.0 cm³/mol. The number of benzene rings is 1. The van der Waals surface area contributed by atoms with Crippen molar-refractivity contribution in [2.24, 2.45) is 5.92 Å². The predicted octanol–water partition coefficient (Wildman–Crippen LogP) is 5.63. The van der Waals surface area contributed by atoms with E-state index in [1.54, 1.807) is 6.92 Å². The maximum Gasteiger partial charge on any atom is 0.416 e. The van der Waals surface area contributed by atoms with Gasteiger partial charge in [0.2, 0.25) is 0 Å². The van der Waals surface area contributed by atoms with Crippen molar-refractivity contribution < 1.29 is 17.6 Å². The minimum atomic E-state index is -4.42. The third-order valence-corrected chi connectivity index (χ3v) is 2.81. The molecule has 1 rings (SSSR count). The Labute approximate surface area is 106 Å². The summed E-state index contributed by atoms with van der Waals surface area (Å²) in [6.45, 7) is 9.43. The van der Waals surface area contributed by atoms with Crippen molar-refractivity contribution in [3.05, 3.63) is 35.1 Å². The van der Waals surface area contributed by atoms with Crippen molar-refractivity contribution in [3.63, 3.8) is 0 Å². The molecule has 0 nitrogen and oxygen atoms in total. The van der Waals surface area contributed by atoms with E-state index >= 15 is 0 Å². The molecule has 0 fully saturated rings. The second-order valence-electron chi connectivity index (χ2n) is 4.27. The van der Waals surface area contributed by atoms with E-state index in [0.717, 1.165) is 18.2 Å². The first-order valence-corrected chi connectivity index (χ1v) is 6.10. The molecule has 0 aliphatic heterocycles. The molecule has 104 valence electrons. The molecule has 0 saturated heterocycles. The fourth-order valence-corrected chi connectivity index (χ4v) is 1.43. The molecule has 0 radical (unpaired) electrons. The van der Waals surface area contributed by atoms with Crippen LogP contribution in [-0.2, 0) is 6.18 Å². The minimum Gasteiger partial charge on any atom is -0.207 e. The topological polar surface area (TPSA) is 0 Å². The van der Waals surface area contributed by atoms with Gasteiger partial charge in [-0.1, -0.05) is 34.6 Å². The molecule has 0 heterocycles. The standard InChI is InChI=1S/C12H14F4.C2H6/c1-7(2)8(3)10-6-9(12(14,15)16)4-5-11(10)13;1-2/h4-8H,1-3H3;1-2H3. The van der Waals surface area contributed by atoms with Crippen LogP contribution in [0.25, 0.3) is 0 Å². The van der Waals surface area contributed by atoms with E-state index in [1.807, 2.05) is 27.7 Å². The molecule has 4 heteroatoms. The van der Waals surface area contributed by atoms with Gasteiger partial charge in [0.1, 0.15) is 5.82 Å². The van der Waals surface area contributed by atoms with E-state index in [4.69, 9.17) is 0 Å². The van der Waals surface area contributed by atoms with Gasteiger partial charge in [0.25, 0.3) is 0 Å². The van der Waals surface area contributed by atoms with Crippen LogP contribution in [0.5, 0.6) is 0 Å². The van der Waals surface area contributed by atoms with Gasteiger partial charge >= 0.3 is 6.18 Å². The van der Waals surface area contributed by atoms with E-state index in [0.29, 0.717) is 0 Å². The smallest absolute Gasteiger partial charge is 0.207 e. The molecule has 0 saturated carbocycles. The molecule has 0 amide bonds. The first kappa shape index (κ1) is 16.9. The molecule has 0 aliphatic carbocycles. The number of hydrogen-bond donors (Lipinski definition) is 0. The lowest BCUT2D eigenvalue weighted by Gasteiger charge is -2.18. The second-order valence-corrected chi connectivity index (χ2v) is 4.27. The molecule has 1 aromatic rings. The average molecular weight is 264 g/mol. The first-order chi connectivity index (χ1) is 8.23. The maximum atomic E-state index is 13.4. The van der Waals surface area contributed by atoms with Crippen LogP contribution >= 0.6 is 0 Å². The summed E-state index contributed by atoms with van der Waals surface area (Å²) in [4.78, 5) is 0. The SMILES string of the molecule is CC.CC(C)C(C)c1cc(C(F)(F)F)ccc1F.